The van der Waals surface area contributed by atoms with Gasteiger partial charge in [-0.05, 0) is 31.9 Å². The number of aromatic nitrogens is 2. The highest BCUT2D eigenvalue weighted by Crippen LogP contribution is 2.35. The molecule has 30 heavy (non-hydrogen) atoms. The summed E-state index contributed by atoms with van der Waals surface area (Å²) in [4.78, 5) is 13.9. The van der Waals surface area contributed by atoms with Crippen molar-refractivity contribution in [3.8, 4) is 17.0 Å². The smallest absolute Gasteiger partial charge is 0.306 e. The van der Waals surface area contributed by atoms with Crippen LogP contribution in [0.5, 0.6) is 5.75 Å². The zero-order valence-corrected chi connectivity index (χ0v) is 18.9. The molecule has 162 valence electrons. The second kappa shape index (κ2) is 9.51. The van der Waals surface area contributed by atoms with Crippen LogP contribution < -0.4 is 11.3 Å². The molecule has 0 saturated carbocycles. The van der Waals surface area contributed by atoms with Gasteiger partial charge in [0.2, 0.25) is 0 Å². The number of aliphatic carboxylic acids is 1. The van der Waals surface area contributed by atoms with Crippen LogP contribution in [-0.4, -0.2) is 53.9 Å². The van der Waals surface area contributed by atoms with Gasteiger partial charge in [-0.1, -0.05) is 29.3 Å². The average molecular weight is 472 g/mol. The van der Waals surface area contributed by atoms with E-state index in [2.05, 4.69) is 10.5 Å². The Morgan fingerprint density at radius 2 is 1.97 bits per heavy atom. The summed E-state index contributed by atoms with van der Waals surface area (Å²) in [5.41, 5.74) is 4.33. The molecule has 0 radical (unpaired) electrons. The molecule has 3 rings (SSSR count). The molecule has 0 bridgehead atoms. The predicted molar refractivity (Wildman–Crippen MR) is 122 cm³/mol. The van der Waals surface area contributed by atoms with Gasteiger partial charge in [-0.15, -0.1) is 10.9 Å². The van der Waals surface area contributed by atoms with Gasteiger partial charge in [-0.3, -0.25) is 20.2 Å². The molecule has 1 fully saturated rings. The van der Waals surface area contributed by atoms with Gasteiger partial charge in [0.1, 0.15) is 16.5 Å². The molecule has 8 nitrogen and oxygen atoms in total. The van der Waals surface area contributed by atoms with Crippen LogP contribution in [0.2, 0.25) is 10.0 Å². The topological polar surface area (TPSA) is 117 Å². The lowest BCUT2D eigenvalue weighted by Gasteiger charge is -2.30. The van der Waals surface area contributed by atoms with Crippen molar-refractivity contribution < 1.29 is 15.0 Å². The van der Waals surface area contributed by atoms with E-state index in [0.29, 0.717) is 58.0 Å². The van der Waals surface area contributed by atoms with E-state index in [1.807, 2.05) is 11.8 Å². The molecule has 0 spiro atoms. The number of nitrogens with zero attached hydrogens (tertiary/aromatic N) is 3. The Hall–Kier alpha value is -1.88. The second-order valence-electron chi connectivity index (χ2n) is 7.01. The summed E-state index contributed by atoms with van der Waals surface area (Å²) in [5.74, 6) is 4.66. The van der Waals surface area contributed by atoms with Crippen molar-refractivity contribution in [1.29, 1.82) is 0 Å². The van der Waals surface area contributed by atoms with Gasteiger partial charge in [0, 0.05) is 30.6 Å². The lowest BCUT2D eigenvalue weighted by Crippen LogP contribution is -2.47. The maximum atomic E-state index is 11.2. The minimum atomic E-state index is -0.763. The van der Waals surface area contributed by atoms with Gasteiger partial charge in [-0.25, -0.2) is 5.43 Å². The third-order valence-corrected chi connectivity index (χ3v) is 6.86. The molecule has 0 atom stereocenters. The molecule has 1 aliphatic heterocycles. The van der Waals surface area contributed by atoms with Gasteiger partial charge < -0.3 is 10.2 Å². The van der Waals surface area contributed by atoms with Crippen LogP contribution >= 0.6 is 34.1 Å². The number of rotatable bonds is 3. The summed E-state index contributed by atoms with van der Waals surface area (Å²) in [7, 11) is 3.08. The van der Waals surface area contributed by atoms with Crippen LogP contribution in [0.3, 0.4) is 0 Å². The van der Waals surface area contributed by atoms with Crippen LogP contribution in [-0.2, 0) is 11.8 Å². The first-order valence-corrected chi connectivity index (χ1v) is 10.8. The number of carboxylic acids is 1. The highest BCUT2D eigenvalue weighted by atomic mass is 35.5. The number of nitrogens with two attached hydrogens (primary N) is 1. The predicted octanol–water partition coefficient (Wildman–Crippen LogP) is 2.72. The minimum Gasteiger partial charge on any atom is -0.504 e. The molecule has 0 unspecified atom stereocenters. The monoisotopic (exact) mass is 471 g/mol. The number of benzene rings is 1. The lowest BCUT2D eigenvalue weighted by molar-refractivity contribution is -0.143. The van der Waals surface area contributed by atoms with Crippen LogP contribution in [0, 0.1) is 5.92 Å². The quantitative estimate of drug-likeness (QED) is 0.235. The van der Waals surface area contributed by atoms with Crippen molar-refractivity contribution in [3.63, 3.8) is 0 Å². The summed E-state index contributed by atoms with van der Waals surface area (Å²) >= 11 is 12.1. The summed E-state index contributed by atoms with van der Waals surface area (Å²) < 4.78 is 1.59. The van der Waals surface area contributed by atoms with E-state index in [1.165, 1.54) is 10.9 Å². The Balaban J connectivity index is 1.95. The Kier molecular flexibility index (Phi) is 7.22. The molecular weight excluding hydrogens is 449 g/mol. The summed E-state index contributed by atoms with van der Waals surface area (Å²) in [5, 5.41) is 26.0. The Morgan fingerprint density at radius 3 is 2.53 bits per heavy atom. The highest BCUT2D eigenvalue weighted by molar-refractivity contribution is 7.98. The fourth-order valence-corrected chi connectivity index (χ4v) is 4.62. The molecule has 1 aromatic carbocycles. The maximum absolute atomic E-state index is 11.2. The van der Waals surface area contributed by atoms with E-state index >= 15 is 0 Å². The molecule has 1 aliphatic rings. The molecular formula is C19H23Cl2N5O3S. The third kappa shape index (κ3) is 4.72. The molecule has 1 saturated heterocycles. The fourth-order valence-electron chi connectivity index (χ4n) is 3.43. The van der Waals surface area contributed by atoms with Gasteiger partial charge in [-0.2, -0.15) is 5.10 Å². The highest BCUT2D eigenvalue weighted by Gasteiger charge is 2.26. The zero-order valence-electron chi connectivity index (χ0n) is 16.5. The number of nitrogens with one attached hydrogen (secondary N) is 1. The van der Waals surface area contributed by atoms with Crippen LogP contribution in [0.4, 0.5) is 0 Å². The normalized spacial score (nSPS) is 15.2. The first kappa shape index (κ1) is 22.8. The van der Waals surface area contributed by atoms with Crippen molar-refractivity contribution in [1.82, 2.24) is 20.1 Å². The van der Waals surface area contributed by atoms with E-state index in [1.54, 1.807) is 29.9 Å². The number of hydrogen-bond acceptors (Lipinski definition) is 4. The number of hydrogen-bond donors (Lipinski definition) is 4. The summed E-state index contributed by atoms with van der Waals surface area (Å²) in [6, 6.07) is 5.11. The SMILES string of the molecule is CC(=S=C(NN)N1CCC(C(=O)O)CC1)c1nn(C)c(-c2ccc(Cl)c(Cl)c2)c1O. The largest absolute Gasteiger partial charge is 0.504 e. The average Bonchev–Trinajstić information content (AvgIpc) is 3.02. The molecule has 11 heteroatoms. The molecule has 2 heterocycles. The van der Waals surface area contributed by atoms with Gasteiger partial charge in [0.25, 0.3) is 0 Å². The minimum absolute atomic E-state index is 0.0295. The van der Waals surface area contributed by atoms with Crippen molar-refractivity contribution >= 4 is 50.1 Å². The van der Waals surface area contributed by atoms with Gasteiger partial charge in [0.05, 0.1) is 16.0 Å². The van der Waals surface area contributed by atoms with E-state index in [0.717, 1.165) is 4.86 Å². The Labute approximate surface area is 187 Å². The van der Waals surface area contributed by atoms with Crippen molar-refractivity contribution in [2.75, 3.05) is 13.1 Å². The third-order valence-electron chi connectivity index (χ3n) is 5.05. The molecule has 5 N–H and O–H groups in total. The number of carbonyl (C=O) groups is 1. The second-order valence-corrected chi connectivity index (χ2v) is 9.02. The van der Waals surface area contributed by atoms with E-state index in [9.17, 15) is 15.0 Å². The van der Waals surface area contributed by atoms with Gasteiger partial charge in [0.15, 0.2) is 5.75 Å². The number of piperidine rings is 1. The van der Waals surface area contributed by atoms with E-state index in [-0.39, 0.29) is 11.7 Å². The number of hydrazine groups is 1. The zero-order chi connectivity index (χ0) is 22.0. The Bertz CT molecular complexity index is 1040. The number of aryl methyl sites for hydroxylation is 1. The lowest BCUT2D eigenvalue weighted by atomic mass is 9.97. The maximum Gasteiger partial charge on any atom is 0.306 e. The molecule has 2 aromatic rings. The standard InChI is InChI=1S/C19H23Cl2N5O3S/c1-10(30-19(23-22)26-7-5-11(6-8-26)18(28)29)15-17(27)16(25(2)24-15)12-3-4-13(20)14(21)9-12/h3-4,9,11,23,27H,5-8,22H2,1-2H3,(H,28,29). The van der Waals surface area contributed by atoms with Crippen molar-refractivity contribution in [2.24, 2.45) is 18.8 Å². The number of carboxylic acid groups (broad SMARTS) is 1. The molecule has 0 aliphatic carbocycles. The van der Waals surface area contributed by atoms with Crippen molar-refractivity contribution in [2.45, 2.75) is 19.8 Å². The van der Waals surface area contributed by atoms with E-state index < -0.39 is 5.97 Å². The summed E-state index contributed by atoms with van der Waals surface area (Å²) in [6.45, 7) is 3.01. The first-order valence-electron chi connectivity index (χ1n) is 9.27. The van der Waals surface area contributed by atoms with Crippen LogP contribution in [0.25, 0.3) is 11.3 Å². The van der Waals surface area contributed by atoms with Crippen LogP contribution in [0.1, 0.15) is 25.5 Å². The molecule has 0 amide bonds. The van der Waals surface area contributed by atoms with Crippen molar-refractivity contribution in [3.05, 3.63) is 33.9 Å². The Morgan fingerprint density at radius 1 is 1.30 bits per heavy atom. The number of likely N-dealkylation sites (tertiary alicyclic amines) is 1. The first-order chi connectivity index (χ1) is 14.2. The summed E-state index contributed by atoms with van der Waals surface area (Å²) in [6.07, 6.45) is 1.10. The fraction of sp³-hybridized carbons (Fsp3) is 0.368. The number of halogens is 2. The molecule has 1 aromatic heterocycles. The number of aromatic hydroxyl groups is 1. The van der Waals surface area contributed by atoms with Gasteiger partial charge >= 0.3 is 5.97 Å². The van der Waals surface area contributed by atoms with Crippen LogP contribution in [0.15, 0.2) is 18.2 Å². The van der Waals surface area contributed by atoms with E-state index in [4.69, 9.17) is 29.0 Å².